The Balaban J connectivity index is 1.52. The molecule has 4 heterocycles. The zero-order valence-electron chi connectivity index (χ0n) is 21.1. The second-order valence-corrected chi connectivity index (χ2v) is 10.6. The monoisotopic (exact) mass is 623 g/mol. The third-order valence-electron chi connectivity index (χ3n) is 6.09. The van der Waals surface area contributed by atoms with Gasteiger partial charge in [-0.3, -0.25) is 14.3 Å². The maximum absolute atomic E-state index is 13.8. The third-order valence-corrected chi connectivity index (χ3v) is 7.72. The van der Waals surface area contributed by atoms with E-state index in [1.54, 1.807) is 26.1 Å². The number of carbonyl (C=O) groups excluding carboxylic acids is 2. The molecule has 4 aromatic heterocycles. The number of primary amides is 1. The van der Waals surface area contributed by atoms with Crippen LogP contribution in [0.1, 0.15) is 37.4 Å². The summed E-state index contributed by atoms with van der Waals surface area (Å²) in [6, 6.07) is 8.41. The minimum atomic E-state index is -4.78. The van der Waals surface area contributed by atoms with Crippen molar-refractivity contribution in [1.82, 2.24) is 14.8 Å². The molecule has 0 saturated heterocycles. The van der Waals surface area contributed by atoms with Gasteiger partial charge in [-0.15, -0.1) is 11.3 Å². The SMILES string of the molecule is Cc1c(-c2cc(C(F)(F)F)nc3sc(C(N)=O)c(NC(=O)c4ccc(COc5ccc(Cl)cc5Cl)o4)c23)cnn1C. The lowest BCUT2D eigenvalue weighted by molar-refractivity contribution is -0.140. The number of hydrogen-bond acceptors (Lipinski definition) is 7. The van der Waals surface area contributed by atoms with Gasteiger partial charge in [0.25, 0.3) is 11.8 Å². The molecule has 0 aliphatic heterocycles. The Morgan fingerprint density at radius 1 is 1.17 bits per heavy atom. The van der Waals surface area contributed by atoms with Gasteiger partial charge in [0.05, 0.1) is 16.9 Å². The summed E-state index contributed by atoms with van der Waals surface area (Å²) in [6.07, 6.45) is -3.38. The van der Waals surface area contributed by atoms with Crippen LogP contribution in [0.5, 0.6) is 5.75 Å². The quantitative estimate of drug-likeness (QED) is 0.204. The normalized spacial score (nSPS) is 11.7. The summed E-state index contributed by atoms with van der Waals surface area (Å²) in [4.78, 5) is 29.0. The second-order valence-electron chi connectivity index (χ2n) is 8.75. The van der Waals surface area contributed by atoms with Crippen LogP contribution in [0.2, 0.25) is 10.0 Å². The van der Waals surface area contributed by atoms with Crippen molar-refractivity contribution in [2.24, 2.45) is 12.8 Å². The number of nitrogens with zero attached hydrogens (tertiary/aromatic N) is 3. The molecule has 0 saturated carbocycles. The molecule has 41 heavy (non-hydrogen) atoms. The Hall–Kier alpha value is -4.07. The predicted molar refractivity (Wildman–Crippen MR) is 148 cm³/mol. The number of benzene rings is 1. The molecule has 0 atom stereocenters. The molecule has 5 rings (SSSR count). The average Bonchev–Trinajstić information content (AvgIpc) is 3.61. The van der Waals surface area contributed by atoms with Crippen LogP contribution < -0.4 is 15.8 Å². The largest absolute Gasteiger partial charge is 0.484 e. The predicted octanol–water partition coefficient (Wildman–Crippen LogP) is 6.85. The third kappa shape index (κ3) is 5.60. The molecule has 1 aromatic carbocycles. The average molecular weight is 624 g/mol. The van der Waals surface area contributed by atoms with Crippen LogP contribution in [0.15, 0.2) is 47.0 Å². The lowest BCUT2D eigenvalue weighted by atomic mass is 10.0. The number of furan rings is 1. The van der Waals surface area contributed by atoms with Gasteiger partial charge in [0.2, 0.25) is 0 Å². The number of halogens is 5. The van der Waals surface area contributed by atoms with Crippen LogP contribution in [0.4, 0.5) is 18.9 Å². The summed E-state index contributed by atoms with van der Waals surface area (Å²) in [5, 5.41) is 7.52. The lowest BCUT2D eigenvalue weighted by Gasteiger charge is -2.12. The maximum Gasteiger partial charge on any atom is 0.433 e. The van der Waals surface area contributed by atoms with Gasteiger partial charge in [-0.25, -0.2) is 4.98 Å². The number of nitrogens with two attached hydrogens (primary N) is 1. The first-order chi connectivity index (χ1) is 19.3. The number of ether oxygens (including phenoxy) is 1. The van der Waals surface area contributed by atoms with Crippen molar-refractivity contribution >= 4 is 62.3 Å². The minimum absolute atomic E-state index is 0.0698. The van der Waals surface area contributed by atoms with E-state index in [0.29, 0.717) is 33.4 Å². The number of rotatable bonds is 7. The fraction of sp³-hybridized carbons (Fsp3) is 0.154. The molecule has 15 heteroatoms. The van der Waals surface area contributed by atoms with Gasteiger partial charge < -0.3 is 20.2 Å². The fourth-order valence-corrected chi connectivity index (χ4v) is 5.48. The number of anilines is 1. The number of aryl methyl sites for hydroxylation is 1. The topological polar surface area (TPSA) is 125 Å². The molecule has 3 N–H and O–H groups in total. The number of amides is 2. The number of carbonyl (C=O) groups is 2. The van der Waals surface area contributed by atoms with Crippen molar-refractivity contribution in [2.45, 2.75) is 19.7 Å². The van der Waals surface area contributed by atoms with Gasteiger partial charge in [0.15, 0.2) is 5.76 Å². The molecule has 2 amide bonds. The molecule has 0 unspecified atom stereocenters. The van der Waals surface area contributed by atoms with Crippen molar-refractivity contribution in [3.8, 4) is 16.9 Å². The number of aromatic nitrogens is 3. The molecule has 5 aromatic rings. The van der Waals surface area contributed by atoms with E-state index in [1.165, 1.54) is 29.1 Å². The Labute approximate surface area is 243 Å². The highest BCUT2D eigenvalue weighted by molar-refractivity contribution is 7.21. The van der Waals surface area contributed by atoms with E-state index in [-0.39, 0.29) is 49.5 Å². The molecule has 212 valence electrons. The zero-order valence-corrected chi connectivity index (χ0v) is 23.4. The molecule has 9 nitrogen and oxygen atoms in total. The number of pyridine rings is 1. The highest BCUT2D eigenvalue weighted by atomic mass is 35.5. The molecule has 0 bridgehead atoms. The van der Waals surface area contributed by atoms with Crippen molar-refractivity contribution in [1.29, 1.82) is 0 Å². The molecule has 0 radical (unpaired) electrons. The van der Waals surface area contributed by atoms with Gasteiger partial charge in [-0.05, 0) is 48.9 Å². The van der Waals surface area contributed by atoms with E-state index in [1.807, 2.05) is 0 Å². The van der Waals surface area contributed by atoms with E-state index in [4.69, 9.17) is 38.1 Å². The standard InChI is InChI=1S/C26H18Cl2F3N5O4S/c1-11-15(9-33-36(11)2)14-8-19(26(29,30)31)34-25-20(14)21(22(41-25)23(32)37)35-24(38)18-6-4-13(40-18)10-39-17-5-3-12(27)7-16(17)28/h3-9H,10H2,1-2H3,(H2,32,37)(H,35,38). The molecular formula is C26H18Cl2F3N5O4S. The first kappa shape index (κ1) is 28.5. The Morgan fingerprint density at radius 3 is 2.56 bits per heavy atom. The van der Waals surface area contributed by atoms with E-state index in [9.17, 15) is 22.8 Å². The van der Waals surface area contributed by atoms with Gasteiger partial charge in [0, 0.05) is 28.7 Å². The summed E-state index contributed by atoms with van der Waals surface area (Å²) >= 11 is 12.6. The van der Waals surface area contributed by atoms with Crippen LogP contribution in [0, 0.1) is 6.92 Å². The molecule has 0 spiro atoms. The molecule has 0 aliphatic rings. The summed E-state index contributed by atoms with van der Waals surface area (Å²) in [7, 11) is 1.63. The second kappa shape index (κ2) is 10.7. The van der Waals surface area contributed by atoms with Crippen molar-refractivity contribution < 1.29 is 31.9 Å². The van der Waals surface area contributed by atoms with Gasteiger partial charge >= 0.3 is 6.18 Å². The zero-order chi connectivity index (χ0) is 29.6. The van der Waals surface area contributed by atoms with E-state index >= 15 is 0 Å². The van der Waals surface area contributed by atoms with Crippen LogP contribution in [-0.2, 0) is 19.8 Å². The number of fused-ring (bicyclic) bond motifs is 1. The lowest BCUT2D eigenvalue weighted by Crippen LogP contribution is -2.16. The highest BCUT2D eigenvalue weighted by Gasteiger charge is 2.35. The highest BCUT2D eigenvalue weighted by Crippen LogP contribution is 2.44. The van der Waals surface area contributed by atoms with Gasteiger partial charge in [0.1, 0.15) is 33.5 Å². The minimum Gasteiger partial charge on any atom is -0.484 e. The van der Waals surface area contributed by atoms with Crippen LogP contribution in [0.25, 0.3) is 21.3 Å². The smallest absolute Gasteiger partial charge is 0.433 e. The first-order valence-corrected chi connectivity index (χ1v) is 13.2. The van der Waals surface area contributed by atoms with Crippen LogP contribution in [-0.4, -0.2) is 26.6 Å². The van der Waals surface area contributed by atoms with E-state index < -0.39 is 23.7 Å². The Kier molecular flexibility index (Phi) is 7.45. The van der Waals surface area contributed by atoms with Crippen molar-refractivity contribution in [3.63, 3.8) is 0 Å². The van der Waals surface area contributed by atoms with Gasteiger partial charge in [-0.2, -0.15) is 18.3 Å². The molecule has 0 aliphatic carbocycles. The number of thiophene rings is 1. The van der Waals surface area contributed by atoms with E-state index in [0.717, 1.165) is 6.07 Å². The van der Waals surface area contributed by atoms with Crippen molar-refractivity contribution in [3.05, 3.63) is 80.4 Å². The first-order valence-electron chi connectivity index (χ1n) is 11.6. The van der Waals surface area contributed by atoms with Gasteiger partial charge in [-0.1, -0.05) is 23.2 Å². The number of hydrogen-bond donors (Lipinski definition) is 2. The fourth-order valence-electron chi connectivity index (χ4n) is 4.01. The van der Waals surface area contributed by atoms with E-state index in [2.05, 4.69) is 15.4 Å². The summed E-state index contributed by atoms with van der Waals surface area (Å²) in [6.45, 7) is 1.60. The maximum atomic E-state index is 13.8. The van der Waals surface area contributed by atoms with Crippen LogP contribution in [0.3, 0.4) is 0 Å². The summed E-state index contributed by atoms with van der Waals surface area (Å²) < 4.78 is 54.0. The molecule has 0 fully saturated rings. The summed E-state index contributed by atoms with van der Waals surface area (Å²) in [5.41, 5.74) is 5.26. The van der Waals surface area contributed by atoms with Crippen molar-refractivity contribution in [2.75, 3.05) is 5.32 Å². The Bertz CT molecular complexity index is 1830. The van der Waals surface area contributed by atoms with Crippen LogP contribution >= 0.6 is 34.5 Å². The number of alkyl halides is 3. The number of nitrogens with one attached hydrogen (secondary N) is 1. The molecular weight excluding hydrogens is 606 g/mol. The summed E-state index contributed by atoms with van der Waals surface area (Å²) in [5.74, 6) is -1.27. The Morgan fingerprint density at radius 2 is 1.93 bits per heavy atom.